The van der Waals surface area contributed by atoms with Gasteiger partial charge in [0.2, 0.25) is 0 Å². The number of carbonyl (C=O) groups is 2. The van der Waals surface area contributed by atoms with Crippen molar-refractivity contribution >= 4 is 11.8 Å². The van der Waals surface area contributed by atoms with Gasteiger partial charge in [-0.25, -0.2) is 4.79 Å². The molecular formula is C14H16F2O4. The van der Waals surface area contributed by atoms with E-state index in [1.807, 2.05) is 6.92 Å². The number of alkyl halides is 2. The minimum Gasteiger partial charge on any atom is -0.494 e. The minimum absolute atomic E-state index is 0.230. The third-order valence-corrected chi connectivity index (χ3v) is 2.62. The lowest BCUT2D eigenvalue weighted by molar-refractivity contribution is -0.165. The number of Topliss-reactive ketones (excluding diaryl/α,β-unsaturated/α-hetero) is 1. The van der Waals surface area contributed by atoms with E-state index in [4.69, 9.17) is 4.74 Å². The zero-order valence-corrected chi connectivity index (χ0v) is 11.3. The molecule has 0 atom stereocenters. The Balaban J connectivity index is 2.92. The number of carbonyl (C=O) groups excluding carboxylic acids is 2. The summed E-state index contributed by atoms with van der Waals surface area (Å²) in [6, 6.07) is 4.97. The number of halogens is 2. The first kappa shape index (κ1) is 16.1. The topological polar surface area (TPSA) is 52.6 Å². The zero-order chi connectivity index (χ0) is 15.2. The molecule has 6 heteroatoms. The van der Waals surface area contributed by atoms with Crippen LogP contribution in [0.15, 0.2) is 24.3 Å². The molecule has 0 saturated carbocycles. The quantitative estimate of drug-likeness (QED) is 0.439. The van der Waals surface area contributed by atoms with E-state index in [0.717, 1.165) is 32.1 Å². The van der Waals surface area contributed by atoms with E-state index in [2.05, 4.69) is 4.74 Å². The summed E-state index contributed by atoms with van der Waals surface area (Å²) in [4.78, 5) is 22.2. The van der Waals surface area contributed by atoms with Crippen LogP contribution in [0, 0.1) is 0 Å². The summed E-state index contributed by atoms with van der Waals surface area (Å²) in [7, 11) is 0.876. The zero-order valence-electron chi connectivity index (χ0n) is 11.3. The standard InChI is InChI=1S/C14H16F2O4/c1-3-4-8-20-11-7-5-6-10(9-11)14(15,16)12(17)13(18)19-2/h5-7,9H,3-4,8H2,1-2H3. The van der Waals surface area contributed by atoms with Crippen LogP contribution in [-0.2, 0) is 20.2 Å². The molecule has 0 unspecified atom stereocenters. The van der Waals surface area contributed by atoms with Gasteiger partial charge in [0.15, 0.2) is 0 Å². The maximum Gasteiger partial charge on any atom is 0.381 e. The van der Waals surface area contributed by atoms with Crippen LogP contribution in [0.3, 0.4) is 0 Å². The number of hydrogen-bond acceptors (Lipinski definition) is 4. The van der Waals surface area contributed by atoms with Crippen LogP contribution in [0.4, 0.5) is 8.78 Å². The molecule has 1 aromatic rings. The van der Waals surface area contributed by atoms with Crippen LogP contribution < -0.4 is 4.74 Å². The molecular weight excluding hydrogens is 270 g/mol. The summed E-state index contributed by atoms with van der Waals surface area (Å²) in [6.45, 7) is 2.37. The summed E-state index contributed by atoms with van der Waals surface area (Å²) >= 11 is 0. The minimum atomic E-state index is -3.93. The van der Waals surface area contributed by atoms with Crippen LogP contribution in [0.1, 0.15) is 25.3 Å². The van der Waals surface area contributed by atoms with Gasteiger partial charge in [-0.1, -0.05) is 25.5 Å². The Bertz CT molecular complexity index is 486. The Labute approximate surface area is 115 Å². The summed E-state index contributed by atoms with van der Waals surface area (Å²) in [5, 5.41) is 0. The number of benzene rings is 1. The summed E-state index contributed by atoms with van der Waals surface area (Å²) in [5.74, 6) is -7.18. The third-order valence-electron chi connectivity index (χ3n) is 2.62. The van der Waals surface area contributed by atoms with Gasteiger partial charge >= 0.3 is 17.7 Å². The molecule has 0 aliphatic heterocycles. The highest BCUT2D eigenvalue weighted by molar-refractivity contribution is 6.36. The molecule has 1 rings (SSSR count). The van der Waals surface area contributed by atoms with Crippen molar-refractivity contribution in [1.82, 2.24) is 0 Å². The molecule has 0 heterocycles. The Hall–Kier alpha value is -1.98. The van der Waals surface area contributed by atoms with E-state index in [0.29, 0.717) is 6.61 Å². The van der Waals surface area contributed by atoms with Gasteiger partial charge in [0.05, 0.1) is 13.7 Å². The van der Waals surface area contributed by atoms with E-state index in [1.165, 1.54) is 12.1 Å². The average Bonchev–Trinajstić information content (AvgIpc) is 2.46. The average molecular weight is 286 g/mol. The van der Waals surface area contributed by atoms with Gasteiger partial charge in [-0.15, -0.1) is 0 Å². The van der Waals surface area contributed by atoms with Crippen LogP contribution in [0.25, 0.3) is 0 Å². The van der Waals surface area contributed by atoms with Crippen LogP contribution >= 0.6 is 0 Å². The summed E-state index contributed by atoms with van der Waals surface area (Å²) < 4.78 is 37.0. The highest BCUT2D eigenvalue weighted by atomic mass is 19.3. The van der Waals surface area contributed by atoms with E-state index >= 15 is 0 Å². The molecule has 0 amide bonds. The molecule has 0 spiro atoms. The largest absolute Gasteiger partial charge is 0.494 e. The highest BCUT2D eigenvalue weighted by Gasteiger charge is 2.45. The molecule has 0 N–H and O–H groups in total. The number of ketones is 1. The smallest absolute Gasteiger partial charge is 0.381 e. The van der Waals surface area contributed by atoms with E-state index in [1.54, 1.807) is 0 Å². The maximum absolute atomic E-state index is 13.8. The van der Waals surface area contributed by atoms with Crippen molar-refractivity contribution in [2.45, 2.75) is 25.7 Å². The normalized spacial score (nSPS) is 11.0. The fourth-order valence-corrected chi connectivity index (χ4v) is 1.47. The van der Waals surface area contributed by atoms with Crippen molar-refractivity contribution in [2.75, 3.05) is 13.7 Å². The molecule has 110 valence electrons. The maximum atomic E-state index is 13.8. The van der Waals surface area contributed by atoms with Gasteiger partial charge < -0.3 is 9.47 Å². The lowest BCUT2D eigenvalue weighted by Crippen LogP contribution is -2.33. The highest BCUT2D eigenvalue weighted by Crippen LogP contribution is 2.31. The van der Waals surface area contributed by atoms with Crippen LogP contribution in [-0.4, -0.2) is 25.5 Å². The van der Waals surface area contributed by atoms with Gasteiger partial charge in [0, 0.05) is 5.56 Å². The molecule has 0 saturated heterocycles. The van der Waals surface area contributed by atoms with Gasteiger partial charge in [0.1, 0.15) is 5.75 Å². The van der Waals surface area contributed by atoms with Gasteiger partial charge in [0.25, 0.3) is 0 Å². The Morgan fingerprint density at radius 2 is 2.00 bits per heavy atom. The molecule has 0 radical (unpaired) electrons. The molecule has 0 aliphatic carbocycles. The first-order chi connectivity index (χ1) is 9.43. The molecule has 20 heavy (non-hydrogen) atoms. The van der Waals surface area contributed by atoms with Crippen molar-refractivity contribution in [3.8, 4) is 5.75 Å². The van der Waals surface area contributed by atoms with Crippen molar-refractivity contribution < 1.29 is 27.8 Å². The lowest BCUT2D eigenvalue weighted by Gasteiger charge is -2.15. The Morgan fingerprint density at radius 3 is 2.60 bits per heavy atom. The van der Waals surface area contributed by atoms with Crippen molar-refractivity contribution in [3.63, 3.8) is 0 Å². The van der Waals surface area contributed by atoms with E-state index in [-0.39, 0.29) is 5.75 Å². The Kier molecular flexibility index (Phi) is 5.61. The lowest BCUT2D eigenvalue weighted by atomic mass is 10.0. The molecule has 0 bridgehead atoms. The first-order valence-corrected chi connectivity index (χ1v) is 6.17. The number of ether oxygens (including phenoxy) is 2. The van der Waals surface area contributed by atoms with Gasteiger partial charge in [-0.3, -0.25) is 4.79 Å². The molecule has 0 fully saturated rings. The third kappa shape index (κ3) is 3.76. The van der Waals surface area contributed by atoms with E-state index < -0.39 is 23.2 Å². The van der Waals surface area contributed by atoms with Crippen LogP contribution in [0.5, 0.6) is 5.75 Å². The molecule has 1 aromatic carbocycles. The number of hydrogen-bond donors (Lipinski definition) is 0. The molecule has 0 aliphatic rings. The summed E-state index contributed by atoms with van der Waals surface area (Å²) in [6.07, 6.45) is 1.71. The van der Waals surface area contributed by atoms with Crippen molar-refractivity contribution in [1.29, 1.82) is 0 Å². The second-order valence-corrected chi connectivity index (χ2v) is 4.12. The monoisotopic (exact) mass is 286 g/mol. The van der Waals surface area contributed by atoms with Crippen LogP contribution in [0.2, 0.25) is 0 Å². The predicted molar refractivity (Wildman–Crippen MR) is 67.8 cm³/mol. The number of rotatable bonds is 7. The molecule has 4 nitrogen and oxygen atoms in total. The number of unbranched alkanes of at least 4 members (excludes halogenated alkanes) is 1. The first-order valence-electron chi connectivity index (χ1n) is 6.17. The second kappa shape index (κ2) is 6.98. The van der Waals surface area contributed by atoms with Gasteiger partial charge in [-0.05, 0) is 18.6 Å². The second-order valence-electron chi connectivity index (χ2n) is 4.12. The molecule has 0 aromatic heterocycles. The number of esters is 1. The van der Waals surface area contributed by atoms with E-state index in [9.17, 15) is 18.4 Å². The fraction of sp³-hybridized carbons (Fsp3) is 0.429. The van der Waals surface area contributed by atoms with Gasteiger partial charge in [-0.2, -0.15) is 8.78 Å². The Morgan fingerprint density at radius 1 is 1.30 bits per heavy atom. The summed E-state index contributed by atoms with van der Waals surface area (Å²) in [5.41, 5.74) is -0.595. The SMILES string of the molecule is CCCCOc1cccc(C(F)(F)C(=O)C(=O)OC)c1. The van der Waals surface area contributed by atoms with Crippen molar-refractivity contribution in [2.24, 2.45) is 0 Å². The number of methoxy groups -OCH3 is 1. The van der Waals surface area contributed by atoms with Crippen molar-refractivity contribution in [3.05, 3.63) is 29.8 Å². The fourth-order valence-electron chi connectivity index (χ4n) is 1.47. The predicted octanol–water partition coefficient (Wildman–Crippen LogP) is 2.70.